The maximum atomic E-state index is 8.58. The second-order valence-corrected chi connectivity index (χ2v) is 1.54. The molecule has 0 radical (unpaired) electrons. The van der Waals surface area contributed by atoms with Gasteiger partial charge in [0.2, 0.25) is 6.41 Å². The number of primary amides is 1. The number of rotatable bonds is 1. The van der Waals surface area contributed by atoms with Gasteiger partial charge in [-0.25, -0.2) is 0 Å². The van der Waals surface area contributed by atoms with Crippen LogP contribution in [0, 0.1) is 0 Å². The van der Waals surface area contributed by atoms with Gasteiger partial charge in [0.1, 0.15) is 0 Å². The summed E-state index contributed by atoms with van der Waals surface area (Å²) >= 11 is 0. The van der Waals surface area contributed by atoms with Crippen molar-refractivity contribution in [1.29, 1.82) is 0 Å². The van der Waals surface area contributed by atoms with Crippen LogP contribution < -0.4 is 5.73 Å². The highest BCUT2D eigenvalue weighted by Gasteiger charge is 1.56. The van der Waals surface area contributed by atoms with Gasteiger partial charge in [0.05, 0.1) is 0 Å². The van der Waals surface area contributed by atoms with Gasteiger partial charge in [-0.15, -0.1) is 0 Å². The molecule has 3 heteroatoms. The van der Waals surface area contributed by atoms with Crippen molar-refractivity contribution in [3.63, 3.8) is 0 Å². The number of carbonyl (C=O) groups excluding carboxylic acids is 1. The van der Waals surface area contributed by atoms with Crippen molar-refractivity contribution < 1.29 is 9.53 Å². The number of nitrogens with two attached hydrogens (primary N) is 1. The van der Waals surface area contributed by atoms with Crippen LogP contribution in [0.5, 0.6) is 0 Å². The Hall–Kier alpha value is -0.570. The fourth-order valence-corrected chi connectivity index (χ4v) is 0. The van der Waals surface area contributed by atoms with Crippen LogP contribution in [0.4, 0.5) is 0 Å². The van der Waals surface area contributed by atoms with Gasteiger partial charge in [0, 0.05) is 14.2 Å². The Labute approximate surface area is 63.6 Å². The molecule has 3 nitrogen and oxygen atoms in total. The molecule has 0 saturated heterocycles. The number of hydrogen-bond acceptors (Lipinski definition) is 2. The molecule has 0 bridgehead atoms. The van der Waals surface area contributed by atoms with E-state index in [1.165, 1.54) is 12.8 Å². The van der Waals surface area contributed by atoms with Crippen molar-refractivity contribution in [3.8, 4) is 0 Å². The minimum absolute atomic E-state index is 0.250. The molecule has 10 heavy (non-hydrogen) atoms. The lowest BCUT2D eigenvalue weighted by Gasteiger charge is -1.68. The molecule has 0 aromatic rings. The average Bonchev–Trinajstić information content (AvgIpc) is 1.91. The first kappa shape index (κ1) is 16.2. The maximum absolute atomic E-state index is 8.58. The molecule has 0 aliphatic heterocycles. The van der Waals surface area contributed by atoms with Gasteiger partial charge in [-0.05, 0) is 0 Å². The summed E-state index contributed by atoms with van der Waals surface area (Å²) in [5, 5.41) is 0. The van der Waals surface area contributed by atoms with E-state index in [1.54, 1.807) is 14.2 Å². The Morgan fingerprint density at radius 1 is 1.30 bits per heavy atom. The normalized spacial score (nSPS) is 6.00. The van der Waals surface area contributed by atoms with Crippen LogP contribution in [0.2, 0.25) is 0 Å². The molecule has 0 aromatic carbocycles. The number of unbranched alkanes of at least 4 members (excludes halogenated alkanes) is 1. The third-order valence-electron chi connectivity index (χ3n) is 0.500. The zero-order valence-corrected chi connectivity index (χ0v) is 7.39. The van der Waals surface area contributed by atoms with Crippen LogP contribution in [0.1, 0.15) is 26.7 Å². The van der Waals surface area contributed by atoms with Crippen LogP contribution in [0.3, 0.4) is 0 Å². The molecule has 0 heterocycles. The second-order valence-electron chi connectivity index (χ2n) is 1.54. The predicted octanol–water partition coefficient (Wildman–Crippen LogP) is 1.17. The van der Waals surface area contributed by atoms with E-state index < -0.39 is 0 Å². The summed E-state index contributed by atoms with van der Waals surface area (Å²) in [4.78, 5) is 8.58. The molecule has 2 N–H and O–H groups in total. The second kappa shape index (κ2) is 39.6. The fourth-order valence-electron chi connectivity index (χ4n) is 0. The van der Waals surface area contributed by atoms with E-state index in [0.717, 1.165) is 0 Å². The van der Waals surface area contributed by atoms with E-state index in [4.69, 9.17) is 4.79 Å². The lowest BCUT2D eigenvalue weighted by Crippen LogP contribution is -1.82. The zero-order valence-electron chi connectivity index (χ0n) is 7.39. The highest BCUT2D eigenvalue weighted by Crippen LogP contribution is 1.76. The topological polar surface area (TPSA) is 52.3 Å². The van der Waals surface area contributed by atoms with Crippen LogP contribution in [0.15, 0.2) is 0 Å². The molecule has 0 aliphatic rings. The third kappa shape index (κ3) is 1660. The summed E-state index contributed by atoms with van der Waals surface area (Å²) < 4.78 is 4.25. The van der Waals surface area contributed by atoms with E-state index in [9.17, 15) is 0 Å². The minimum Gasteiger partial charge on any atom is -0.388 e. The summed E-state index contributed by atoms with van der Waals surface area (Å²) in [5.41, 5.74) is 4.17. The van der Waals surface area contributed by atoms with Crippen molar-refractivity contribution in [3.05, 3.63) is 0 Å². The largest absolute Gasteiger partial charge is 0.388 e. The predicted molar refractivity (Wildman–Crippen MR) is 43.8 cm³/mol. The van der Waals surface area contributed by atoms with E-state index in [2.05, 4.69) is 24.3 Å². The van der Waals surface area contributed by atoms with Gasteiger partial charge >= 0.3 is 0 Å². The van der Waals surface area contributed by atoms with Gasteiger partial charge in [0.25, 0.3) is 0 Å². The molecule has 1 amide bonds. The van der Waals surface area contributed by atoms with Crippen molar-refractivity contribution in [2.75, 3.05) is 14.2 Å². The Morgan fingerprint density at radius 2 is 1.40 bits per heavy atom. The van der Waals surface area contributed by atoms with E-state index in [-0.39, 0.29) is 6.41 Å². The molecule has 0 unspecified atom stereocenters. The molecular formula is C7H19NO2. The van der Waals surface area contributed by atoms with Gasteiger partial charge in [-0.1, -0.05) is 26.7 Å². The van der Waals surface area contributed by atoms with Gasteiger partial charge in [-0.3, -0.25) is 4.79 Å². The molecule has 0 saturated carbocycles. The van der Waals surface area contributed by atoms with Crippen molar-refractivity contribution in [2.45, 2.75) is 26.7 Å². The van der Waals surface area contributed by atoms with Crippen LogP contribution in [-0.2, 0) is 9.53 Å². The van der Waals surface area contributed by atoms with Crippen LogP contribution in [-0.4, -0.2) is 20.6 Å². The van der Waals surface area contributed by atoms with E-state index in [0.29, 0.717) is 0 Å². The monoisotopic (exact) mass is 149 g/mol. The molecule has 0 rings (SSSR count). The third-order valence-corrected chi connectivity index (χ3v) is 0.500. The Balaban J connectivity index is -0.0000000750. The standard InChI is InChI=1S/C4H10.C2H6O.CH3NO/c1-3-4-2;1-3-2;2-1-3/h3-4H2,1-2H3;1-2H3;1H,(H2,2,3). The van der Waals surface area contributed by atoms with E-state index >= 15 is 0 Å². The fraction of sp³-hybridized carbons (Fsp3) is 0.857. The summed E-state index contributed by atoms with van der Waals surface area (Å²) in [6.45, 7) is 4.36. The lowest BCUT2D eigenvalue weighted by molar-refractivity contribution is -0.106. The smallest absolute Gasteiger partial charge is 0.204 e. The summed E-state index contributed by atoms with van der Waals surface area (Å²) in [6, 6.07) is 0. The SMILES string of the molecule is CCCC.COC.NC=O. The number of amides is 1. The lowest BCUT2D eigenvalue weighted by atomic mass is 10.4. The first-order chi connectivity index (χ1) is 4.74. The Kier molecular flexibility index (Phi) is 64.1. The van der Waals surface area contributed by atoms with Gasteiger partial charge in [0.15, 0.2) is 0 Å². The minimum atomic E-state index is 0.250. The quantitative estimate of drug-likeness (QED) is 0.569. The van der Waals surface area contributed by atoms with Gasteiger partial charge in [-0.2, -0.15) is 0 Å². The Morgan fingerprint density at radius 3 is 1.40 bits per heavy atom. The summed E-state index contributed by atoms with van der Waals surface area (Å²) in [6.07, 6.45) is 2.89. The highest BCUT2D eigenvalue weighted by atomic mass is 16.4. The molecule has 0 aromatic heterocycles. The van der Waals surface area contributed by atoms with Crippen molar-refractivity contribution >= 4 is 6.41 Å². The van der Waals surface area contributed by atoms with Crippen LogP contribution in [0.25, 0.3) is 0 Å². The Bertz CT molecular complexity index is 38.6. The van der Waals surface area contributed by atoms with Crippen molar-refractivity contribution in [1.82, 2.24) is 0 Å². The van der Waals surface area contributed by atoms with Gasteiger partial charge < -0.3 is 10.5 Å². The van der Waals surface area contributed by atoms with Crippen molar-refractivity contribution in [2.24, 2.45) is 5.73 Å². The summed E-state index contributed by atoms with van der Waals surface area (Å²) in [7, 11) is 3.25. The van der Waals surface area contributed by atoms with Crippen LogP contribution >= 0.6 is 0 Å². The first-order valence-electron chi connectivity index (χ1n) is 3.30. The molecule has 0 atom stereocenters. The molecule has 64 valence electrons. The number of methoxy groups -OCH3 is 1. The number of ether oxygens (including phenoxy) is 1. The number of carbonyl (C=O) groups is 1. The zero-order chi connectivity index (χ0) is 8.83. The summed E-state index contributed by atoms with van der Waals surface area (Å²) in [5.74, 6) is 0. The number of hydrogen-bond donors (Lipinski definition) is 1. The first-order valence-corrected chi connectivity index (χ1v) is 3.30. The maximum Gasteiger partial charge on any atom is 0.204 e. The molecule has 0 fully saturated rings. The van der Waals surface area contributed by atoms with E-state index in [1.807, 2.05) is 0 Å². The molecular weight excluding hydrogens is 130 g/mol. The molecule has 0 aliphatic carbocycles. The molecule has 0 spiro atoms. The average molecular weight is 149 g/mol. The highest BCUT2D eigenvalue weighted by molar-refractivity contribution is 5.42.